The number of fused-ring (bicyclic) bond motifs is 2. The molecule has 132 valence electrons. The fraction of sp³-hybridized carbons (Fsp3) is 0.318. The minimum Gasteiger partial charge on any atom is -0.486 e. The van der Waals surface area contributed by atoms with Gasteiger partial charge in [0.15, 0.2) is 17.2 Å². The maximum atomic E-state index is 5.79. The third kappa shape index (κ3) is 2.57. The molecule has 4 nitrogen and oxygen atoms in total. The highest BCUT2D eigenvalue weighted by Crippen LogP contribution is 2.34. The molecule has 0 atom stereocenters. The molecule has 3 heterocycles. The Morgan fingerprint density at radius 1 is 0.923 bits per heavy atom. The molecule has 1 aromatic heterocycles. The van der Waals surface area contributed by atoms with Crippen molar-refractivity contribution in [1.29, 1.82) is 0 Å². The number of aryl methyl sites for hydroxylation is 1. The Bertz CT molecular complexity index is 957. The van der Waals surface area contributed by atoms with Crippen LogP contribution in [0.1, 0.15) is 24.2 Å². The third-order valence-electron chi connectivity index (χ3n) is 5.31. The maximum absolute atomic E-state index is 5.79. The summed E-state index contributed by atoms with van der Waals surface area (Å²) >= 11 is 0. The van der Waals surface area contributed by atoms with Gasteiger partial charge in [-0.1, -0.05) is 17.7 Å². The summed E-state index contributed by atoms with van der Waals surface area (Å²) in [5, 5.41) is 0. The highest BCUT2D eigenvalue weighted by Gasteiger charge is 2.28. The number of nitrogens with zero attached hydrogens (tertiary/aromatic N) is 2. The minimum absolute atomic E-state index is 0.617. The molecule has 2 aromatic carbocycles. The van der Waals surface area contributed by atoms with E-state index in [4.69, 9.17) is 9.47 Å². The normalized spacial score (nSPS) is 15.6. The molecule has 0 spiro atoms. The molecular formula is C22H23N2O2+. The smallest absolute Gasteiger partial charge is 0.262 e. The van der Waals surface area contributed by atoms with Gasteiger partial charge >= 0.3 is 0 Å². The second-order valence-electron chi connectivity index (χ2n) is 7.10. The van der Waals surface area contributed by atoms with Crippen LogP contribution in [0.15, 0.2) is 48.7 Å². The molecule has 3 aromatic rings. The summed E-state index contributed by atoms with van der Waals surface area (Å²) in [6.45, 7) is 4.44. The molecule has 0 saturated heterocycles. The van der Waals surface area contributed by atoms with Gasteiger partial charge in [-0.2, -0.15) is 4.57 Å². The van der Waals surface area contributed by atoms with Gasteiger partial charge in [0.05, 0.1) is 6.54 Å². The van der Waals surface area contributed by atoms with Crippen molar-refractivity contribution in [3.05, 3.63) is 60.0 Å². The van der Waals surface area contributed by atoms with Gasteiger partial charge in [0.1, 0.15) is 25.1 Å². The van der Waals surface area contributed by atoms with Crippen LogP contribution in [-0.2, 0) is 13.0 Å². The first-order chi connectivity index (χ1) is 12.8. The number of hydrogen-bond acceptors (Lipinski definition) is 2. The van der Waals surface area contributed by atoms with E-state index in [9.17, 15) is 0 Å². The topological polar surface area (TPSA) is 27.3 Å². The highest BCUT2D eigenvalue weighted by atomic mass is 16.6. The van der Waals surface area contributed by atoms with Gasteiger partial charge in [-0.15, -0.1) is 0 Å². The Morgan fingerprint density at radius 3 is 2.58 bits per heavy atom. The van der Waals surface area contributed by atoms with Gasteiger partial charge < -0.3 is 9.47 Å². The van der Waals surface area contributed by atoms with Gasteiger partial charge in [-0.25, -0.2) is 4.57 Å². The molecule has 0 fully saturated rings. The lowest BCUT2D eigenvalue weighted by Crippen LogP contribution is -2.42. The van der Waals surface area contributed by atoms with Crippen molar-refractivity contribution < 1.29 is 14.0 Å². The second kappa shape index (κ2) is 6.20. The summed E-state index contributed by atoms with van der Waals surface area (Å²) in [6, 6.07) is 15.1. The van der Waals surface area contributed by atoms with E-state index in [0.717, 1.165) is 24.5 Å². The standard InChI is InChI=1S/C22H23N2O2/c1-16-5-8-18(9-6-16)24-15-19(23-11-3-2-4-22(23)24)17-7-10-20-21(14-17)26-13-12-25-20/h5-10,14-15H,2-4,11-13H2,1H3/q+1. The molecule has 5 rings (SSSR count). The van der Waals surface area contributed by atoms with Gasteiger partial charge in [-0.3, -0.25) is 0 Å². The van der Waals surface area contributed by atoms with Crippen molar-refractivity contribution >= 4 is 0 Å². The van der Waals surface area contributed by atoms with Crippen molar-refractivity contribution in [2.75, 3.05) is 13.2 Å². The summed E-state index contributed by atoms with van der Waals surface area (Å²) < 4.78 is 16.3. The lowest BCUT2D eigenvalue weighted by Gasteiger charge is -2.18. The molecule has 2 aliphatic rings. The lowest BCUT2D eigenvalue weighted by molar-refractivity contribution is -0.698. The quantitative estimate of drug-likeness (QED) is 0.659. The summed E-state index contributed by atoms with van der Waals surface area (Å²) in [5.74, 6) is 3.07. The fourth-order valence-electron chi connectivity index (χ4n) is 3.96. The molecule has 2 aliphatic heterocycles. The van der Waals surface area contributed by atoms with Crippen LogP contribution in [0.25, 0.3) is 16.9 Å². The molecule has 0 bridgehead atoms. The number of rotatable bonds is 2. The fourth-order valence-corrected chi connectivity index (χ4v) is 3.96. The van der Waals surface area contributed by atoms with E-state index in [2.05, 4.69) is 58.7 Å². The maximum Gasteiger partial charge on any atom is 0.262 e. The first kappa shape index (κ1) is 15.5. The highest BCUT2D eigenvalue weighted by molar-refractivity contribution is 5.62. The number of hydrogen-bond donors (Lipinski definition) is 0. The number of ether oxygens (including phenoxy) is 2. The number of imidazole rings is 1. The molecule has 0 radical (unpaired) electrons. The number of aromatic nitrogens is 2. The zero-order chi connectivity index (χ0) is 17.5. The van der Waals surface area contributed by atoms with Gasteiger partial charge in [0, 0.05) is 12.0 Å². The minimum atomic E-state index is 0.617. The van der Waals surface area contributed by atoms with E-state index in [0.29, 0.717) is 13.2 Å². The summed E-state index contributed by atoms with van der Waals surface area (Å²) in [7, 11) is 0. The van der Waals surface area contributed by atoms with Crippen LogP contribution in [0.5, 0.6) is 11.5 Å². The van der Waals surface area contributed by atoms with Gasteiger partial charge in [-0.05, 0) is 50.1 Å². The molecule has 4 heteroatoms. The molecule has 0 saturated carbocycles. The summed E-state index contributed by atoms with van der Waals surface area (Å²) in [5.41, 5.74) is 4.94. The average Bonchev–Trinajstić information content (AvgIpc) is 3.08. The number of benzene rings is 2. The van der Waals surface area contributed by atoms with Crippen molar-refractivity contribution in [2.45, 2.75) is 32.7 Å². The van der Waals surface area contributed by atoms with Crippen molar-refractivity contribution in [1.82, 2.24) is 4.57 Å². The van der Waals surface area contributed by atoms with Crippen LogP contribution in [-0.4, -0.2) is 17.8 Å². The van der Waals surface area contributed by atoms with Crippen LogP contribution in [0.2, 0.25) is 0 Å². The van der Waals surface area contributed by atoms with E-state index in [1.807, 2.05) is 6.07 Å². The Kier molecular flexibility index (Phi) is 3.70. The summed E-state index contributed by atoms with van der Waals surface area (Å²) in [4.78, 5) is 0. The molecule has 0 N–H and O–H groups in total. The van der Waals surface area contributed by atoms with E-state index < -0.39 is 0 Å². The van der Waals surface area contributed by atoms with Gasteiger partial charge in [0.25, 0.3) is 5.82 Å². The van der Waals surface area contributed by atoms with Crippen molar-refractivity contribution in [3.63, 3.8) is 0 Å². The molecule has 0 unspecified atom stereocenters. The SMILES string of the molecule is Cc1ccc(-n2cc(-c3ccc4c(c3)OCCO4)[n+]3c2CCCC3)cc1. The van der Waals surface area contributed by atoms with Crippen LogP contribution < -0.4 is 14.0 Å². The van der Waals surface area contributed by atoms with Crippen LogP contribution >= 0.6 is 0 Å². The molecular weight excluding hydrogens is 324 g/mol. The largest absolute Gasteiger partial charge is 0.486 e. The van der Waals surface area contributed by atoms with E-state index in [-0.39, 0.29) is 0 Å². The lowest BCUT2D eigenvalue weighted by atomic mass is 10.1. The predicted molar refractivity (Wildman–Crippen MR) is 100 cm³/mol. The molecule has 0 amide bonds. The van der Waals surface area contributed by atoms with Crippen molar-refractivity contribution in [3.8, 4) is 28.4 Å². The third-order valence-corrected chi connectivity index (χ3v) is 5.31. The monoisotopic (exact) mass is 347 g/mol. The van der Waals surface area contributed by atoms with E-state index in [1.54, 1.807) is 0 Å². The Balaban J connectivity index is 1.64. The van der Waals surface area contributed by atoms with Crippen LogP contribution in [0.3, 0.4) is 0 Å². The van der Waals surface area contributed by atoms with Crippen LogP contribution in [0.4, 0.5) is 0 Å². The van der Waals surface area contributed by atoms with E-state index >= 15 is 0 Å². The predicted octanol–water partition coefficient (Wildman–Crippen LogP) is 3.85. The zero-order valence-electron chi connectivity index (χ0n) is 15.1. The van der Waals surface area contributed by atoms with E-state index in [1.165, 1.54) is 41.2 Å². The van der Waals surface area contributed by atoms with Gasteiger partial charge in [0.2, 0.25) is 0 Å². The first-order valence-electron chi connectivity index (χ1n) is 9.41. The Labute approximate surface area is 153 Å². The average molecular weight is 347 g/mol. The first-order valence-corrected chi connectivity index (χ1v) is 9.41. The Hall–Kier alpha value is -2.75. The molecule has 0 aliphatic carbocycles. The van der Waals surface area contributed by atoms with Crippen molar-refractivity contribution in [2.24, 2.45) is 0 Å². The van der Waals surface area contributed by atoms with Crippen LogP contribution in [0, 0.1) is 6.92 Å². The summed E-state index contributed by atoms with van der Waals surface area (Å²) in [6.07, 6.45) is 5.86. The molecule has 26 heavy (non-hydrogen) atoms. The Morgan fingerprint density at radius 2 is 1.73 bits per heavy atom. The second-order valence-corrected chi connectivity index (χ2v) is 7.10. The zero-order valence-corrected chi connectivity index (χ0v) is 15.1.